The van der Waals surface area contributed by atoms with Crippen molar-refractivity contribution >= 4 is 27.5 Å². The molecule has 0 radical (unpaired) electrons. The van der Waals surface area contributed by atoms with Crippen LogP contribution in [0.1, 0.15) is 5.69 Å². The highest BCUT2D eigenvalue weighted by atomic mass is 32.2. The largest absolute Gasteiger partial charge is 0.290 e. The summed E-state index contributed by atoms with van der Waals surface area (Å²) in [6, 6.07) is 23.8. The molecule has 4 aromatic rings. The van der Waals surface area contributed by atoms with Crippen molar-refractivity contribution in [2.24, 2.45) is 0 Å². The van der Waals surface area contributed by atoms with Gasteiger partial charge in [0.15, 0.2) is 4.90 Å². The Balaban J connectivity index is 1.97. The summed E-state index contributed by atoms with van der Waals surface area (Å²) in [5.41, 5.74) is 1.02. The Labute approximate surface area is 183 Å². The van der Waals surface area contributed by atoms with Gasteiger partial charge in [-0.15, -0.1) is 0 Å². The van der Waals surface area contributed by atoms with Gasteiger partial charge in [0.2, 0.25) is 0 Å². The second-order valence-corrected chi connectivity index (χ2v) is 9.44. The van der Waals surface area contributed by atoms with Crippen LogP contribution in [-0.4, -0.2) is 22.5 Å². The molecule has 4 rings (SSSR count). The minimum atomic E-state index is -4.34. The molecule has 0 spiro atoms. The Morgan fingerprint density at radius 1 is 0.903 bits per heavy atom. The first-order valence-electron chi connectivity index (χ1n) is 9.26. The molecule has 0 N–H and O–H groups in total. The SMILES string of the molecule is Cc1nn(S(=O)(=O)c2ccccc2[N+](=O)[O-])c(-c2ccccc2)c1Sc1ccccc1. The van der Waals surface area contributed by atoms with Crippen molar-refractivity contribution in [3.63, 3.8) is 0 Å². The van der Waals surface area contributed by atoms with Gasteiger partial charge in [0.05, 0.1) is 15.5 Å². The lowest BCUT2D eigenvalue weighted by Crippen LogP contribution is -2.17. The highest BCUT2D eigenvalue weighted by Gasteiger charge is 2.32. The fourth-order valence-corrected chi connectivity index (χ4v) is 5.74. The summed E-state index contributed by atoms with van der Waals surface area (Å²) in [5.74, 6) is 0. The van der Waals surface area contributed by atoms with E-state index in [9.17, 15) is 18.5 Å². The summed E-state index contributed by atoms with van der Waals surface area (Å²) < 4.78 is 28.0. The Bertz CT molecular complexity index is 1350. The van der Waals surface area contributed by atoms with Crippen molar-refractivity contribution in [3.8, 4) is 11.3 Å². The van der Waals surface area contributed by atoms with Crippen LogP contribution in [0.25, 0.3) is 11.3 Å². The number of nitrogens with zero attached hydrogens (tertiary/aromatic N) is 3. The zero-order chi connectivity index (χ0) is 22.0. The number of nitro benzene ring substituents is 1. The van der Waals surface area contributed by atoms with Crippen molar-refractivity contribution in [2.45, 2.75) is 21.6 Å². The van der Waals surface area contributed by atoms with E-state index in [0.717, 1.165) is 8.98 Å². The standard InChI is InChI=1S/C22H17N3O4S2/c1-16-22(30-18-12-6-3-7-13-18)21(17-10-4-2-5-11-17)24(23-16)31(28,29)20-15-9-8-14-19(20)25(26)27/h2-15H,1H3. The lowest BCUT2D eigenvalue weighted by molar-refractivity contribution is -0.387. The van der Waals surface area contributed by atoms with E-state index in [-0.39, 0.29) is 0 Å². The molecule has 7 nitrogen and oxygen atoms in total. The zero-order valence-electron chi connectivity index (χ0n) is 16.4. The molecule has 0 saturated carbocycles. The summed E-state index contributed by atoms with van der Waals surface area (Å²) in [7, 11) is -4.34. The molecular formula is C22H17N3O4S2. The minimum absolute atomic E-state index is 0.366. The van der Waals surface area contributed by atoms with Gasteiger partial charge in [0.25, 0.3) is 15.7 Å². The third-order valence-electron chi connectivity index (χ3n) is 4.55. The van der Waals surface area contributed by atoms with E-state index in [0.29, 0.717) is 21.8 Å². The Hall–Kier alpha value is -3.43. The van der Waals surface area contributed by atoms with Crippen LogP contribution >= 0.6 is 11.8 Å². The van der Waals surface area contributed by atoms with Crippen molar-refractivity contribution in [1.82, 2.24) is 9.19 Å². The van der Waals surface area contributed by atoms with Gasteiger partial charge in [0, 0.05) is 16.5 Å². The Kier molecular flexibility index (Phi) is 5.62. The van der Waals surface area contributed by atoms with Crippen LogP contribution in [0.2, 0.25) is 0 Å². The predicted molar refractivity (Wildman–Crippen MR) is 119 cm³/mol. The highest BCUT2D eigenvalue weighted by Crippen LogP contribution is 2.40. The van der Waals surface area contributed by atoms with Gasteiger partial charge in [-0.05, 0) is 25.1 Å². The molecule has 0 atom stereocenters. The van der Waals surface area contributed by atoms with Gasteiger partial charge in [0.1, 0.15) is 5.69 Å². The molecule has 156 valence electrons. The van der Waals surface area contributed by atoms with Gasteiger partial charge in [-0.1, -0.05) is 72.4 Å². The minimum Gasteiger partial charge on any atom is -0.258 e. The fourth-order valence-electron chi connectivity index (χ4n) is 3.15. The number of benzene rings is 3. The second kappa shape index (κ2) is 8.37. The van der Waals surface area contributed by atoms with Crippen molar-refractivity contribution in [3.05, 3.63) is 101 Å². The molecule has 0 aliphatic heterocycles. The van der Waals surface area contributed by atoms with Crippen LogP contribution in [0, 0.1) is 17.0 Å². The average molecular weight is 452 g/mol. The first-order chi connectivity index (χ1) is 14.9. The normalized spacial score (nSPS) is 11.4. The summed E-state index contributed by atoms with van der Waals surface area (Å²) in [5, 5.41) is 15.8. The maximum absolute atomic E-state index is 13.6. The lowest BCUT2D eigenvalue weighted by Gasteiger charge is -2.11. The number of nitro groups is 1. The van der Waals surface area contributed by atoms with Gasteiger partial charge in [-0.25, -0.2) is 0 Å². The van der Waals surface area contributed by atoms with Gasteiger partial charge in [-0.2, -0.15) is 17.6 Å². The quantitative estimate of drug-likeness (QED) is 0.297. The van der Waals surface area contributed by atoms with Crippen molar-refractivity contribution < 1.29 is 13.3 Å². The van der Waals surface area contributed by atoms with E-state index in [2.05, 4.69) is 5.10 Å². The molecule has 31 heavy (non-hydrogen) atoms. The fraction of sp³-hybridized carbons (Fsp3) is 0.0455. The van der Waals surface area contributed by atoms with E-state index in [1.165, 1.54) is 36.0 Å². The van der Waals surface area contributed by atoms with E-state index in [1.807, 2.05) is 36.4 Å². The van der Waals surface area contributed by atoms with E-state index < -0.39 is 25.5 Å². The summed E-state index contributed by atoms with van der Waals surface area (Å²) in [4.78, 5) is 12.0. The molecule has 0 aliphatic rings. The van der Waals surface area contributed by atoms with E-state index in [4.69, 9.17) is 0 Å². The van der Waals surface area contributed by atoms with Gasteiger partial charge >= 0.3 is 0 Å². The number of para-hydroxylation sites is 1. The molecule has 0 bridgehead atoms. The van der Waals surface area contributed by atoms with Gasteiger partial charge in [-0.3, -0.25) is 10.1 Å². The van der Waals surface area contributed by atoms with Crippen LogP contribution in [0.4, 0.5) is 5.69 Å². The van der Waals surface area contributed by atoms with Crippen LogP contribution < -0.4 is 0 Å². The number of hydrogen-bond donors (Lipinski definition) is 0. The first kappa shape index (κ1) is 20.8. The molecule has 1 heterocycles. The molecule has 9 heteroatoms. The molecule has 1 aromatic heterocycles. The maximum Gasteiger partial charge on any atom is 0.290 e. The summed E-state index contributed by atoms with van der Waals surface area (Å²) in [6.07, 6.45) is 0. The molecule has 3 aromatic carbocycles. The Morgan fingerprint density at radius 3 is 2.13 bits per heavy atom. The summed E-state index contributed by atoms with van der Waals surface area (Å²) in [6.45, 7) is 1.73. The third kappa shape index (κ3) is 3.97. The molecule has 0 unspecified atom stereocenters. The Morgan fingerprint density at radius 2 is 1.48 bits per heavy atom. The summed E-state index contributed by atoms with van der Waals surface area (Å²) >= 11 is 1.40. The molecule has 0 saturated heterocycles. The monoisotopic (exact) mass is 451 g/mol. The van der Waals surface area contributed by atoms with Crippen LogP contribution in [0.15, 0.2) is 99.6 Å². The van der Waals surface area contributed by atoms with Crippen LogP contribution in [0.5, 0.6) is 0 Å². The van der Waals surface area contributed by atoms with Crippen LogP contribution in [0.3, 0.4) is 0 Å². The number of aromatic nitrogens is 2. The highest BCUT2D eigenvalue weighted by molar-refractivity contribution is 7.99. The van der Waals surface area contributed by atoms with E-state index >= 15 is 0 Å². The lowest BCUT2D eigenvalue weighted by atomic mass is 10.1. The molecular weight excluding hydrogens is 434 g/mol. The molecule has 0 amide bonds. The van der Waals surface area contributed by atoms with Crippen LogP contribution in [-0.2, 0) is 10.0 Å². The number of aryl methyl sites for hydroxylation is 1. The maximum atomic E-state index is 13.6. The predicted octanol–water partition coefficient (Wildman–Crippen LogP) is 5.15. The molecule has 0 aliphatic carbocycles. The number of hydrogen-bond acceptors (Lipinski definition) is 6. The smallest absolute Gasteiger partial charge is 0.258 e. The average Bonchev–Trinajstić information content (AvgIpc) is 3.12. The second-order valence-electron chi connectivity index (χ2n) is 6.62. The molecule has 0 fully saturated rings. The zero-order valence-corrected chi connectivity index (χ0v) is 18.0. The van der Waals surface area contributed by atoms with Crippen molar-refractivity contribution in [1.29, 1.82) is 0 Å². The third-order valence-corrected chi connectivity index (χ3v) is 7.38. The van der Waals surface area contributed by atoms with E-state index in [1.54, 1.807) is 31.2 Å². The first-order valence-corrected chi connectivity index (χ1v) is 11.5. The number of rotatable bonds is 6. The van der Waals surface area contributed by atoms with Gasteiger partial charge < -0.3 is 0 Å². The topological polar surface area (TPSA) is 95.1 Å². The van der Waals surface area contributed by atoms with Crippen molar-refractivity contribution in [2.75, 3.05) is 0 Å².